The molecule has 0 spiro atoms. The third kappa shape index (κ3) is 5.03. The highest BCUT2D eigenvalue weighted by molar-refractivity contribution is 5.92. The molecule has 0 saturated carbocycles. The second kappa shape index (κ2) is 7.53. The number of rotatable bonds is 8. The summed E-state index contributed by atoms with van der Waals surface area (Å²) in [5.74, 6) is -0.806. The Morgan fingerprint density at radius 3 is 2.61 bits per heavy atom. The van der Waals surface area contributed by atoms with Gasteiger partial charge < -0.3 is 15.0 Å². The van der Waals surface area contributed by atoms with Crippen molar-refractivity contribution in [2.24, 2.45) is 7.05 Å². The minimum atomic E-state index is -0.744. The number of carboxylic acids is 1. The molecule has 0 unspecified atom stereocenters. The molecule has 5 heteroatoms. The molecule has 0 aliphatic carbocycles. The summed E-state index contributed by atoms with van der Waals surface area (Å²) in [4.78, 5) is 22.0. The number of carbonyl (C=O) groups excluding carboxylic acids is 1. The molecule has 0 aliphatic rings. The highest BCUT2D eigenvalue weighted by Gasteiger charge is 2.07. The van der Waals surface area contributed by atoms with Crippen molar-refractivity contribution in [3.8, 4) is 0 Å². The number of carboxylic acid groups (broad SMARTS) is 1. The zero-order chi connectivity index (χ0) is 13.4. The van der Waals surface area contributed by atoms with Gasteiger partial charge in [-0.1, -0.05) is 12.8 Å². The van der Waals surface area contributed by atoms with E-state index in [2.05, 4.69) is 5.32 Å². The minimum absolute atomic E-state index is 0.0620. The number of hydrogen-bond acceptors (Lipinski definition) is 2. The number of nitrogens with zero attached hydrogens (tertiary/aromatic N) is 1. The summed E-state index contributed by atoms with van der Waals surface area (Å²) in [5.41, 5.74) is 0.654. The van der Waals surface area contributed by atoms with E-state index in [0.717, 1.165) is 19.3 Å². The normalized spacial score (nSPS) is 10.3. The van der Waals surface area contributed by atoms with Crippen LogP contribution >= 0.6 is 0 Å². The number of hydrogen-bond donors (Lipinski definition) is 2. The topological polar surface area (TPSA) is 71.3 Å². The molecule has 1 amide bonds. The fourth-order valence-corrected chi connectivity index (χ4v) is 1.74. The Kier molecular flexibility index (Phi) is 5.97. The first-order chi connectivity index (χ1) is 8.61. The molecule has 5 nitrogen and oxygen atoms in total. The average Bonchev–Trinajstić information content (AvgIpc) is 2.73. The van der Waals surface area contributed by atoms with Gasteiger partial charge in [-0.3, -0.25) is 9.59 Å². The van der Waals surface area contributed by atoms with Crippen molar-refractivity contribution in [3.05, 3.63) is 24.0 Å². The number of aryl methyl sites for hydroxylation is 1. The smallest absolute Gasteiger partial charge is 0.303 e. The standard InChI is InChI=1S/C13H20N2O3/c1-15-10-6-7-11(15)13(18)14-9-5-3-2-4-8-12(16)17/h6-7,10H,2-5,8-9H2,1H3,(H,14,18)(H,16,17). The van der Waals surface area contributed by atoms with Crippen LogP contribution in [0.5, 0.6) is 0 Å². The average molecular weight is 252 g/mol. The lowest BCUT2D eigenvalue weighted by molar-refractivity contribution is -0.137. The maximum atomic E-state index is 11.7. The zero-order valence-electron chi connectivity index (χ0n) is 10.7. The first kappa shape index (κ1) is 14.3. The Morgan fingerprint density at radius 1 is 1.28 bits per heavy atom. The van der Waals surface area contributed by atoms with Crippen molar-refractivity contribution in [2.45, 2.75) is 32.1 Å². The Morgan fingerprint density at radius 2 is 2.00 bits per heavy atom. The number of carbonyl (C=O) groups is 2. The molecule has 0 radical (unpaired) electrons. The SMILES string of the molecule is Cn1cccc1C(=O)NCCCCCCC(=O)O. The monoisotopic (exact) mass is 252 g/mol. The predicted octanol–water partition coefficient (Wildman–Crippen LogP) is 1.79. The van der Waals surface area contributed by atoms with Crippen molar-refractivity contribution in [2.75, 3.05) is 6.54 Å². The van der Waals surface area contributed by atoms with Crippen LogP contribution in [-0.4, -0.2) is 28.1 Å². The van der Waals surface area contributed by atoms with Crippen molar-refractivity contribution >= 4 is 11.9 Å². The number of amides is 1. The van der Waals surface area contributed by atoms with Crippen molar-refractivity contribution in [1.29, 1.82) is 0 Å². The number of unbranched alkanes of at least 4 members (excludes halogenated alkanes) is 3. The Labute approximate surface area is 107 Å². The third-order valence-corrected chi connectivity index (χ3v) is 2.78. The van der Waals surface area contributed by atoms with Crippen LogP contribution in [0, 0.1) is 0 Å². The van der Waals surface area contributed by atoms with Gasteiger partial charge in [-0.25, -0.2) is 0 Å². The summed E-state index contributed by atoms with van der Waals surface area (Å²) in [6.07, 6.45) is 5.50. The molecule has 2 N–H and O–H groups in total. The quantitative estimate of drug-likeness (QED) is 0.693. The number of aromatic nitrogens is 1. The van der Waals surface area contributed by atoms with E-state index >= 15 is 0 Å². The van der Waals surface area contributed by atoms with Crippen molar-refractivity contribution in [3.63, 3.8) is 0 Å². The summed E-state index contributed by atoms with van der Waals surface area (Å²) in [6, 6.07) is 3.61. The van der Waals surface area contributed by atoms with Crippen LogP contribution < -0.4 is 5.32 Å². The summed E-state index contributed by atoms with van der Waals surface area (Å²) >= 11 is 0. The van der Waals surface area contributed by atoms with E-state index in [1.807, 2.05) is 19.3 Å². The van der Waals surface area contributed by atoms with Gasteiger partial charge in [-0.15, -0.1) is 0 Å². The molecule has 0 atom stereocenters. The van der Waals surface area contributed by atoms with Gasteiger partial charge in [-0.2, -0.15) is 0 Å². The second-order valence-electron chi connectivity index (χ2n) is 4.32. The van der Waals surface area contributed by atoms with Gasteiger partial charge in [0.25, 0.3) is 5.91 Å². The van der Waals surface area contributed by atoms with E-state index in [0.29, 0.717) is 18.7 Å². The van der Waals surface area contributed by atoms with Gasteiger partial charge in [-0.05, 0) is 25.0 Å². The Balaban J connectivity index is 2.06. The van der Waals surface area contributed by atoms with E-state index < -0.39 is 5.97 Å². The van der Waals surface area contributed by atoms with Crippen molar-refractivity contribution in [1.82, 2.24) is 9.88 Å². The van der Waals surface area contributed by atoms with Crippen molar-refractivity contribution < 1.29 is 14.7 Å². The minimum Gasteiger partial charge on any atom is -0.481 e. The molecule has 0 bridgehead atoms. The van der Waals surface area contributed by atoms with Crippen LogP contribution in [0.25, 0.3) is 0 Å². The van der Waals surface area contributed by atoms with Gasteiger partial charge in [0.15, 0.2) is 0 Å². The zero-order valence-corrected chi connectivity index (χ0v) is 10.7. The summed E-state index contributed by atoms with van der Waals surface area (Å²) < 4.78 is 1.78. The molecule has 0 aliphatic heterocycles. The first-order valence-electron chi connectivity index (χ1n) is 6.22. The largest absolute Gasteiger partial charge is 0.481 e. The van der Waals surface area contributed by atoms with E-state index in [-0.39, 0.29) is 12.3 Å². The lowest BCUT2D eigenvalue weighted by Gasteiger charge is -2.05. The molecular formula is C13H20N2O3. The maximum Gasteiger partial charge on any atom is 0.303 e. The molecule has 18 heavy (non-hydrogen) atoms. The van der Waals surface area contributed by atoms with Crippen LogP contribution in [0.15, 0.2) is 18.3 Å². The summed E-state index contributed by atoms with van der Waals surface area (Å²) in [7, 11) is 1.83. The lowest BCUT2D eigenvalue weighted by Crippen LogP contribution is -2.26. The molecule has 100 valence electrons. The van der Waals surface area contributed by atoms with E-state index in [1.54, 1.807) is 10.6 Å². The summed E-state index contributed by atoms with van der Waals surface area (Å²) in [5, 5.41) is 11.3. The maximum absolute atomic E-state index is 11.7. The molecule has 0 fully saturated rings. The predicted molar refractivity (Wildman–Crippen MR) is 68.5 cm³/mol. The second-order valence-corrected chi connectivity index (χ2v) is 4.32. The summed E-state index contributed by atoms with van der Waals surface area (Å²) in [6.45, 7) is 0.636. The van der Waals surface area contributed by atoms with Crippen LogP contribution in [0.2, 0.25) is 0 Å². The molecule has 1 aromatic rings. The van der Waals surface area contributed by atoms with Gasteiger partial charge in [0.2, 0.25) is 0 Å². The van der Waals surface area contributed by atoms with Crippen LogP contribution in [0.1, 0.15) is 42.6 Å². The van der Waals surface area contributed by atoms with Gasteiger partial charge in [0, 0.05) is 26.2 Å². The highest BCUT2D eigenvalue weighted by Crippen LogP contribution is 2.03. The van der Waals surface area contributed by atoms with Gasteiger partial charge >= 0.3 is 5.97 Å². The first-order valence-corrected chi connectivity index (χ1v) is 6.22. The van der Waals surface area contributed by atoms with Crippen LogP contribution in [0.3, 0.4) is 0 Å². The van der Waals surface area contributed by atoms with E-state index in [4.69, 9.17) is 5.11 Å². The lowest BCUT2D eigenvalue weighted by atomic mass is 10.1. The van der Waals surface area contributed by atoms with Crippen LogP contribution in [0.4, 0.5) is 0 Å². The molecule has 0 saturated heterocycles. The Bertz CT molecular complexity index is 399. The van der Waals surface area contributed by atoms with Crippen LogP contribution in [-0.2, 0) is 11.8 Å². The number of nitrogens with one attached hydrogen (secondary N) is 1. The molecule has 1 aromatic heterocycles. The highest BCUT2D eigenvalue weighted by atomic mass is 16.4. The fraction of sp³-hybridized carbons (Fsp3) is 0.538. The Hall–Kier alpha value is -1.78. The molecule has 1 rings (SSSR count). The molecule has 0 aromatic carbocycles. The fourth-order valence-electron chi connectivity index (χ4n) is 1.74. The van der Waals surface area contributed by atoms with E-state index in [9.17, 15) is 9.59 Å². The third-order valence-electron chi connectivity index (χ3n) is 2.78. The number of aliphatic carboxylic acids is 1. The molecular weight excluding hydrogens is 232 g/mol. The van der Waals surface area contributed by atoms with E-state index in [1.165, 1.54) is 0 Å². The van der Waals surface area contributed by atoms with Gasteiger partial charge in [0.05, 0.1) is 0 Å². The molecule has 1 heterocycles. The van der Waals surface area contributed by atoms with Gasteiger partial charge in [0.1, 0.15) is 5.69 Å².